The van der Waals surface area contributed by atoms with Crippen molar-refractivity contribution in [2.45, 2.75) is 26.9 Å². The highest BCUT2D eigenvalue weighted by Crippen LogP contribution is 2.23. The Hall–Kier alpha value is -3.79. The van der Waals surface area contributed by atoms with Gasteiger partial charge in [0.05, 0.1) is 23.7 Å². The van der Waals surface area contributed by atoms with Gasteiger partial charge in [-0.2, -0.15) is 0 Å². The minimum Gasteiger partial charge on any atom is -0.447 e. The number of nitrogens with zero attached hydrogens (tertiary/aromatic N) is 4. The summed E-state index contributed by atoms with van der Waals surface area (Å²) in [6.45, 7) is 5.45. The van der Waals surface area contributed by atoms with Crippen LogP contribution in [0.15, 0.2) is 49.1 Å². The number of rotatable bonds is 5. The summed E-state index contributed by atoms with van der Waals surface area (Å²) >= 11 is 1.34. The molecule has 3 aromatic heterocycles. The molecule has 0 bridgehead atoms. The molecule has 0 saturated carbocycles. The van der Waals surface area contributed by atoms with Gasteiger partial charge in [0.2, 0.25) is 5.78 Å². The van der Waals surface area contributed by atoms with Crippen molar-refractivity contribution in [2.75, 3.05) is 10.6 Å². The van der Waals surface area contributed by atoms with Crippen molar-refractivity contribution in [1.29, 1.82) is 0 Å². The van der Waals surface area contributed by atoms with Gasteiger partial charge in [0.25, 0.3) is 5.91 Å². The number of amides is 2. The molecule has 9 nitrogen and oxygen atoms in total. The molecule has 2 N–H and O–H groups in total. The van der Waals surface area contributed by atoms with Crippen LogP contribution in [0.2, 0.25) is 0 Å². The molecule has 2 amide bonds. The Labute approximate surface area is 182 Å². The summed E-state index contributed by atoms with van der Waals surface area (Å²) < 4.78 is 6.79. The minimum absolute atomic E-state index is 0.219. The molecule has 0 spiro atoms. The summed E-state index contributed by atoms with van der Waals surface area (Å²) in [7, 11) is 0. The lowest BCUT2D eigenvalue weighted by molar-refractivity contribution is 0.102. The Morgan fingerprint density at radius 1 is 1.10 bits per heavy atom. The van der Waals surface area contributed by atoms with Gasteiger partial charge in [-0.25, -0.2) is 19.7 Å². The smallest absolute Gasteiger partial charge is 0.411 e. The molecule has 0 radical (unpaired) electrons. The van der Waals surface area contributed by atoms with Crippen LogP contribution < -0.4 is 10.6 Å². The van der Waals surface area contributed by atoms with E-state index in [4.69, 9.17) is 4.74 Å². The second-order valence-electron chi connectivity index (χ2n) is 7.07. The largest absolute Gasteiger partial charge is 0.447 e. The molecular formula is C21H20N6O3S. The van der Waals surface area contributed by atoms with Crippen molar-refractivity contribution in [3.63, 3.8) is 0 Å². The predicted octanol–water partition coefficient (Wildman–Crippen LogP) is 4.37. The van der Waals surface area contributed by atoms with Crippen molar-refractivity contribution in [3.05, 3.63) is 58.9 Å². The molecule has 31 heavy (non-hydrogen) atoms. The molecule has 0 aliphatic rings. The monoisotopic (exact) mass is 436 g/mol. The number of aryl methyl sites for hydroxylation is 1. The second-order valence-corrected chi connectivity index (χ2v) is 8.30. The molecule has 0 aliphatic heterocycles. The molecule has 1 aromatic carbocycles. The maximum absolute atomic E-state index is 12.4. The number of nitrogens with one attached hydrogen (secondary N) is 2. The number of aromatic nitrogens is 4. The number of imidazole rings is 1. The van der Waals surface area contributed by atoms with E-state index in [9.17, 15) is 9.59 Å². The number of fused-ring (bicyclic) bond motifs is 1. The fourth-order valence-corrected chi connectivity index (χ4v) is 3.51. The van der Waals surface area contributed by atoms with E-state index >= 15 is 0 Å². The van der Waals surface area contributed by atoms with E-state index in [1.165, 1.54) is 17.5 Å². The highest BCUT2D eigenvalue weighted by atomic mass is 32.1. The third-order valence-electron chi connectivity index (χ3n) is 4.13. The van der Waals surface area contributed by atoms with Crippen LogP contribution in [0.4, 0.5) is 16.2 Å². The molecule has 0 fully saturated rings. The van der Waals surface area contributed by atoms with Gasteiger partial charge in [-0.1, -0.05) is 12.1 Å². The standard InChI is InChI=1S/C21H20N6O3S/c1-12(2)30-21(29)25-16-9-23-20-26-17(11-27(20)10-16)14-5-4-6-15(7-14)24-18(28)19-22-8-13(3)31-19/h4-12H,1-3H3,(H,24,28)(H,25,29). The highest BCUT2D eigenvalue weighted by Gasteiger charge is 2.12. The van der Waals surface area contributed by atoms with Crippen molar-refractivity contribution in [1.82, 2.24) is 19.4 Å². The maximum Gasteiger partial charge on any atom is 0.411 e. The summed E-state index contributed by atoms with van der Waals surface area (Å²) in [5.74, 6) is 0.224. The van der Waals surface area contributed by atoms with Gasteiger partial charge in [0.15, 0.2) is 5.01 Å². The second kappa shape index (κ2) is 8.52. The van der Waals surface area contributed by atoms with Crippen LogP contribution in [0.25, 0.3) is 17.0 Å². The van der Waals surface area contributed by atoms with Crippen LogP contribution in [-0.2, 0) is 4.74 Å². The van der Waals surface area contributed by atoms with Crippen LogP contribution in [0.1, 0.15) is 28.5 Å². The third kappa shape index (κ3) is 4.86. The highest BCUT2D eigenvalue weighted by molar-refractivity contribution is 7.13. The van der Waals surface area contributed by atoms with Gasteiger partial charge >= 0.3 is 6.09 Å². The van der Waals surface area contributed by atoms with E-state index < -0.39 is 6.09 Å². The Kier molecular flexibility index (Phi) is 5.63. The average Bonchev–Trinajstić information content (AvgIpc) is 3.33. The van der Waals surface area contributed by atoms with Gasteiger partial charge < -0.3 is 10.1 Å². The lowest BCUT2D eigenvalue weighted by Crippen LogP contribution is -2.18. The van der Waals surface area contributed by atoms with E-state index in [2.05, 4.69) is 25.6 Å². The summed E-state index contributed by atoms with van der Waals surface area (Å²) in [6, 6.07) is 7.37. The van der Waals surface area contributed by atoms with Crippen LogP contribution in [0, 0.1) is 6.92 Å². The average molecular weight is 436 g/mol. The summed E-state index contributed by atoms with van der Waals surface area (Å²) in [4.78, 5) is 38.0. The number of thiazole rings is 1. The molecule has 0 unspecified atom stereocenters. The van der Waals surface area contributed by atoms with Crippen molar-refractivity contribution < 1.29 is 14.3 Å². The summed E-state index contributed by atoms with van der Waals surface area (Å²) in [5, 5.41) is 5.91. The molecule has 0 atom stereocenters. The van der Waals surface area contributed by atoms with Gasteiger partial charge in [-0.05, 0) is 32.9 Å². The zero-order valence-electron chi connectivity index (χ0n) is 17.1. The number of hydrogen-bond acceptors (Lipinski definition) is 7. The Morgan fingerprint density at radius 2 is 1.94 bits per heavy atom. The van der Waals surface area contributed by atoms with Crippen molar-refractivity contribution in [3.8, 4) is 11.3 Å². The first-order chi connectivity index (χ1) is 14.9. The third-order valence-corrected chi connectivity index (χ3v) is 5.04. The molecule has 4 rings (SSSR count). The van der Waals surface area contributed by atoms with Crippen molar-refractivity contribution >= 4 is 40.5 Å². The van der Waals surface area contributed by atoms with E-state index in [1.54, 1.807) is 42.9 Å². The van der Waals surface area contributed by atoms with Crippen LogP contribution >= 0.6 is 11.3 Å². The van der Waals surface area contributed by atoms with Gasteiger partial charge in [0, 0.05) is 34.7 Å². The molecule has 0 aliphatic carbocycles. The topological polar surface area (TPSA) is 111 Å². The molecule has 0 saturated heterocycles. The van der Waals surface area contributed by atoms with E-state index in [-0.39, 0.29) is 12.0 Å². The first-order valence-corrected chi connectivity index (χ1v) is 10.4. The number of carbonyl (C=O) groups excluding carboxylic acids is 2. The minimum atomic E-state index is -0.546. The maximum atomic E-state index is 12.4. The molecule has 4 aromatic rings. The van der Waals surface area contributed by atoms with Crippen LogP contribution in [0.5, 0.6) is 0 Å². The fraction of sp³-hybridized carbons (Fsp3) is 0.190. The Morgan fingerprint density at radius 3 is 2.68 bits per heavy atom. The van der Waals surface area contributed by atoms with Crippen LogP contribution in [0.3, 0.4) is 0 Å². The van der Waals surface area contributed by atoms with Gasteiger partial charge in [-0.15, -0.1) is 11.3 Å². The zero-order valence-corrected chi connectivity index (χ0v) is 17.9. The zero-order chi connectivity index (χ0) is 22.0. The predicted molar refractivity (Wildman–Crippen MR) is 118 cm³/mol. The quantitative estimate of drug-likeness (QED) is 0.481. The van der Waals surface area contributed by atoms with E-state index in [0.29, 0.717) is 27.9 Å². The number of hydrogen-bond donors (Lipinski definition) is 2. The lowest BCUT2D eigenvalue weighted by atomic mass is 10.1. The Balaban J connectivity index is 1.53. The SMILES string of the molecule is Cc1cnc(C(=O)Nc2cccc(-c3cn4cc(NC(=O)OC(C)C)cnc4n3)c2)s1. The first-order valence-electron chi connectivity index (χ1n) is 9.54. The normalized spacial score (nSPS) is 11.0. The van der Waals surface area contributed by atoms with E-state index in [1.807, 2.05) is 25.1 Å². The first kappa shape index (κ1) is 20.5. The van der Waals surface area contributed by atoms with E-state index in [0.717, 1.165) is 10.4 Å². The number of ether oxygens (including phenoxy) is 1. The lowest BCUT2D eigenvalue weighted by Gasteiger charge is -2.09. The number of benzene rings is 1. The Bertz CT molecular complexity index is 1260. The molecular weight excluding hydrogens is 416 g/mol. The summed E-state index contributed by atoms with van der Waals surface area (Å²) in [5.41, 5.74) is 2.61. The molecule has 10 heteroatoms. The van der Waals surface area contributed by atoms with Gasteiger partial charge in [0.1, 0.15) is 0 Å². The molecule has 3 heterocycles. The summed E-state index contributed by atoms with van der Waals surface area (Å²) in [6.07, 6.45) is 5.92. The number of carbonyl (C=O) groups is 2. The number of anilines is 2. The van der Waals surface area contributed by atoms with Crippen molar-refractivity contribution in [2.24, 2.45) is 0 Å². The van der Waals surface area contributed by atoms with Crippen LogP contribution in [-0.4, -0.2) is 37.5 Å². The molecule has 158 valence electrons. The fourth-order valence-electron chi connectivity index (χ4n) is 2.85. The van der Waals surface area contributed by atoms with Gasteiger partial charge in [-0.3, -0.25) is 14.5 Å².